The number of fused-ring (bicyclic) bond motifs is 2. The predicted molar refractivity (Wildman–Crippen MR) is 146 cm³/mol. The van der Waals surface area contributed by atoms with Crippen molar-refractivity contribution in [1.82, 2.24) is 15.2 Å². The number of rotatable bonds is 12. The Morgan fingerprint density at radius 3 is 2.63 bits per heavy atom. The van der Waals surface area contributed by atoms with Gasteiger partial charge in [-0.25, -0.2) is 0 Å². The molecule has 9 N–H and O–H groups in total. The van der Waals surface area contributed by atoms with E-state index in [4.69, 9.17) is 36.8 Å². The van der Waals surface area contributed by atoms with Gasteiger partial charge in [-0.1, -0.05) is 18.2 Å². The first-order valence-electron chi connectivity index (χ1n) is 13.1. The first-order chi connectivity index (χ1) is 18.1. The minimum absolute atomic E-state index is 0.0522. The van der Waals surface area contributed by atoms with Gasteiger partial charge in [-0.15, -0.1) is 0 Å². The van der Waals surface area contributed by atoms with Crippen LogP contribution < -0.4 is 22.5 Å². The van der Waals surface area contributed by atoms with Crippen molar-refractivity contribution in [3.8, 4) is 0 Å². The summed E-state index contributed by atoms with van der Waals surface area (Å²) in [7, 11) is 0. The highest BCUT2D eigenvalue weighted by molar-refractivity contribution is 5.83. The fraction of sp³-hybridized carbons (Fsp3) is 0.577. The van der Waals surface area contributed by atoms with Crippen molar-refractivity contribution in [3.05, 3.63) is 36.0 Å². The van der Waals surface area contributed by atoms with Gasteiger partial charge in [0.2, 0.25) is 5.91 Å². The molecule has 2 saturated heterocycles. The number of nitrogens with one attached hydrogen (secondary N) is 3. The molecule has 0 spiro atoms. The van der Waals surface area contributed by atoms with Crippen molar-refractivity contribution in [3.63, 3.8) is 0 Å². The maximum atomic E-state index is 12.8. The summed E-state index contributed by atoms with van der Waals surface area (Å²) in [6, 6.07) is 8.11. The molecule has 12 heteroatoms. The summed E-state index contributed by atoms with van der Waals surface area (Å²) in [6.07, 6.45) is 2.77. The molecule has 2 aliphatic rings. The van der Waals surface area contributed by atoms with E-state index in [1.807, 2.05) is 38.2 Å². The lowest BCUT2D eigenvalue weighted by Gasteiger charge is -2.29. The third-order valence-corrected chi connectivity index (χ3v) is 6.90. The van der Waals surface area contributed by atoms with Crippen molar-refractivity contribution < 1.29 is 19.0 Å². The summed E-state index contributed by atoms with van der Waals surface area (Å²) in [5, 5.41) is 12.2. The van der Waals surface area contributed by atoms with Crippen molar-refractivity contribution >= 4 is 28.7 Å². The number of nitrogens with zero attached hydrogens (tertiary/aromatic N) is 2. The zero-order valence-corrected chi connectivity index (χ0v) is 22.1. The van der Waals surface area contributed by atoms with E-state index in [0.717, 1.165) is 35.7 Å². The molecule has 4 atom stereocenters. The van der Waals surface area contributed by atoms with E-state index in [2.05, 4.69) is 21.4 Å². The molecule has 2 aromatic rings. The molecule has 3 heterocycles. The maximum absolute atomic E-state index is 12.8. The van der Waals surface area contributed by atoms with E-state index in [-0.39, 0.29) is 36.5 Å². The summed E-state index contributed by atoms with van der Waals surface area (Å²) >= 11 is 0. The van der Waals surface area contributed by atoms with E-state index in [1.54, 1.807) is 4.90 Å². The summed E-state index contributed by atoms with van der Waals surface area (Å²) in [5.74, 6) is -0.884. The normalized spacial score (nSPS) is 23.7. The molecular weight excluding hydrogens is 488 g/mol. The van der Waals surface area contributed by atoms with Crippen molar-refractivity contribution in [2.45, 2.75) is 69.7 Å². The summed E-state index contributed by atoms with van der Waals surface area (Å²) in [6.45, 7) is 5.65. The number of ether oxygens (including phenoxy) is 3. The molecule has 1 aromatic heterocycles. The van der Waals surface area contributed by atoms with Gasteiger partial charge >= 0.3 is 0 Å². The highest BCUT2D eigenvalue weighted by Gasteiger charge is 2.55. The van der Waals surface area contributed by atoms with Crippen LogP contribution in [0.1, 0.15) is 38.7 Å². The number of amides is 1. The van der Waals surface area contributed by atoms with Crippen LogP contribution in [0.5, 0.6) is 0 Å². The average Bonchev–Trinajstić information content (AvgIpc) is 3.49. The van der Waals surface area contributed by atoms with E-state index >= 15 is 0 Å². The van der Waals surface area contributed by atoms with Gasteiger partial charge in [-0.2, -0.15) is 0 Å². The highest BCUT2D eigenvalue weighted by Crippen LogP contribution is 2.40. The van der Waals surface area contributed by atoms with Gasteiger partial charge in [0.15, 0.2) is 17.7 Å². The number of aromatic amines is 1. The summed E-state index contributed by atoms with van der Waals surface area (Å²) < 4.78 is 18.6. The van der Waals surface area contributed by atoms with Crippen LogP contribution in [0, 0.1) is 5.41 Å². The average molecular weight is 529 g/mol. The van der Waals surface area contributed by atoms with Crippen LogP contribution in [0.4, 0.5) is 0 Å². The van der Waals surface area contributed by atoms with E-state index in [9.17, 15) is 4.79 Å². The number of nitrogens with two attached hydrogens (primary N) is 3. The number of guanidine groups is 2. The molecule has 0 unspecified atom stereocenters. The lowest BCUT2D eigenvalue weighted by atomic mass is 10.0. The minimum Gasteiger partial charge on any atom is -0.370 e. The number of hydrogen-bond donors (Lipinski definition) is 6. The Labute approximate surface area is 222 Å². The second-order valence-electron chi connectivity index (χ2n) is 10.3. The Bertz CT molecular complexity index is 1150. The molecule has 0 saturated carbocycles. The third-order valence-electron chi connectivity index (χ3n) is 6.90. The molecule has 208 valence electrons. The van der Waals surface area contributed by atoms with Gasteiger partial charge in [-0.3, -0.25) is 15.2 Å². The van der Waals surface area contributed by atoms with Crippen LogP contribution in [-0.2, 0) is 25.4 Å². The standard InChI is InChI=1S/C26H40N8O4/c1-26(2)37-22-19(13-21(35)31-11-9-16-14-33-18-8-4-3-7-17(16)18)36-20(23(22)38-26)15-34(25(29)30)12-6-5-10-32-24(27)28/h3-4,7-8,14,19-20,22-23,33H,5-6,9-13,15H2,1-2H3,(H3,29,30)(H,31,35)(H4,27,28,32)/t19-,20+,22+,23-/m1/s1. The van der Waals surface area contributed by atoms with Crippen molar-refractivity contribution in [2.75, 3.05) is 26.2 Å². The predicted octanol–water partition coefficient (Wildman–Crippen LogP) is 0.753. The molecule has 2 fully saturated rings. The minimum atomic E-state index is -0.789. The molecule has 38 heavy (non-hydrogen) atoms. The Kier molecular flexibility index (Phi) is 8.75. The topological polar surface area (TPSA) is 190 Å². The summed E-state index contributed by atoms with van der Waals surface area (Å²) in [5.41, 5.74) is 18.8. The van der Waals surface area contributed by atoms with Gasteiger partial charge in [0.1, 0.15) is 18.3 Å². The number of para-hydroxylation sites is 1. The van der Waals surface area contributed by atoms with E-state index in [1.165, 1.54) is 0 Å². The Morgan fingerprint density at radius 1 is 1.16 bits per heavy atom. The number of carbonyl (C=O) groups is 1. The van der Waals surface area contributed by atoms with Gasteiger partial charge in [0.25, 0.3) is 0 Å². The first kappa shape index (κ1) is 27.7. The van der Waals surface area contributed by atoms with Crippen LogP contribution >= 0.6 is 0 Å². The monoisotopic (exact) mass is 528 g/mol. The fourth-order valence-corrected chi connectivity index (χ4v) is 5.16. The van der Waals surface area contributed by atoms with Crippen LogP contribution in [0.2, 0.25) is 0 Å². The number of hydrogen-bond acceptors (Lipinski definition) is 6. The molecule has 0 bridgehead atoms. The quantitative estimate of drug-likeness (QED) is 0.132. The maximum Gasteiger partial charge on any atom is 0.222 e. The largest absolute Gasteiger partial charge is 0.370 e. The molecule has 2 aliphatic heterocycles. The molecule has 1 amide bonds. The Hall–Kier alpha value is -3.35. The zero-order valence-electron chi connectivity index (χ0n) is 22.1. The van der Waals surface area contributed by atoms with E-state index in [0.29, 0.717) is 26.2 Å². The zero-order chi connectivity index (χ0) is 27.3. The number of unbranched alkanes of at least 4 members (excludes halogenated alkanes) is 1. The number of aliphatic imine (C=N–C) groups is 1. The van der Waals surface area contributed by atoms with Gasteiger partial charge in [0.05, 0.1) is 12.5 Å². The van der Waals surface area contributed by atoms with Gasteiger partial charge < -0.3 is 46.6 Å². The smallest absolute Gasteiger partial charge is 0.222 e. The van der Waals surface area contributed by atoms with Crippen LogP contribution in [0.15, 0.2) is 35.5 Å². The molecular formula is C26H40N8O4. The van der Waals surface area contributed by atoms with Gasteiger partial charge in [0, 0.05) is 43.3 Å². The van der Waals surface area contributed by atoms with Crippen LogP contribution in [-0.4, -0.2) is 84.1 Å². The first-order valence-corrected chi connectivity index (χ1v) is 13.1. The third kappa shape index (κ3) is 6.94. The fourth-order valence-electron chi connectivity index (χ4n) is 5.16. The number of benzene rings is 1. The molecule has 4 rings (SSSR count). The second-order valence-corrected chi connectivity index (χ2v) is 10.3. The lowest BCUT2D eigenvalue weighted by molar-refractivity contribution is -0.188. The number of H-pyrrole nitrogens is 1. The summed E-state index contributed by atoms with van der Waals surface area (Å²) in [4.78, 5) is 21.8. The second kappa shape index (κ2) is 12.0. The Morgan fingerprint density at radius 2 is 1.89 bits per heavy atom. The van der Waals surface area contributed by atoms with Crippen LogP contribution in [0.3, 0.4) is 0 Å². The Balaban J connectivity index is 1.30. The lowest BCUT2D eigenvalue weighted by Crippen LogP contribution is -2.45. The van der Waals surface area contributed by atoms with Crippen molar-refractivity contribution in [2.24, 2.45) is 22.2 Å². The SMILES string of the molecule is CC1(C)O[C@@H]2[C@H](O1)[C@H](CN(CCCCN=C(N)N)C(=N)N)O[C@@H]2CC(=O)NCCc1c[nH]c2ccccc12. The molecule has 12 nitrogen and oxygen atoms in total. The van der Waals surface area contributed by atoms with E-state index < -0.39 is 18.0 Å². The van der Waals surface area contributed by atoms with Gasteiger partial charge in [-0.05, 0) is 44.7 Å². The molecule has 0 radical (unpaired) electrons. The molecule has 0 aliphatic carbocycles. The number of aromatic nitrogens is 1. The molecule has 1 aromatic carbocycles. The van der Waals surface area contributed by atoms with Crippen LogP contribution in [0.25, 0.3) is 10.9 Å². The highest BCUT2D eigenvalue weighted by atomic mass is 16.8. The number of carbonyl (C=O) groups excluding carboxylic acids is 1. The van der Waals surface area contributed by atoms with Crippen molar-refractivity contribution in [1.29, 1.82) is 5.41 Å².